The normalized spacial score (nSPS) is 14.1. The Bertz CT molecular complexity index is 365. The molecule has 0 aliphatic carbocycles. The minimum Gasteiger partial charge on any atom is -0.508 e. The lowest BCUT2D eigenvalue weighted by Gasteiger charge is -2.15. The smallest absolute Gasteiger partial charge is 0.237 e. The van der Waals surface area contributed by atoms with E-state index < -0.39 is 6.04 Å². The van der Waals surface area contributed by atoms with Crippen LogP contribution in [-0.2, 0) is 11.2 Å². The van der Waals surface area contributed by atoms with Crippen LogP contribution in [0, 0.1) is 0 Å². The second kappa shape index (κ2) is 6.22. The molecule has 0 saturated carbocycles. The van der Waals surface area contributed by atoms with Gasteiger partial charge in [-0.2, -0.15) is 0 Å². The molecule has 0 unspecified atom stereocenters. The number of carbonyl (C=O) groups is 1. The van der Waals surface area contributed by atoms with E-state index in [2.05, 4.69) is 5.32 Å². The van der Waals surface area contributed by atoms with Crippen molar-refractivity contribution in [1.29, 1.82) is 0 Å². The Morgan fingerprint density at radius 3 is 2.53 bits per heavy atom. The van der Waals surface area contributed by atoms with E-state index in [9.17, 15) is 4.79 Å². The Labute approximate surface area is 100 Å². The number of benzene rings is 1. The van der Waals surface area contributed by atoms with Gasteiger partial charge >= 0.3 is 0 Å². The monoisotopic (exact) mass is 238 g/mol. The molecule has 1 aromatic rings. The van der Waals surface area contributed by atoms with Gasteiger partial charge in [-0.15, -0.1) is 0 Å². The van der Waals surface area contributed by atoms with Gasteiger partial charge in [-0.25, -0.2) is 0 Å². The highest BCUT2D eigenvalue weighted by Crippen LogP contribution is 2.10. The van der Waals surface area contributed by atoms with Crippen molar-refractivity contribution in [2.45, 2.75) is 25.4 Å². The van der Waals surface area contributed by atoms with Crippen molar-refractivity contribution in [3.05, 3.63) is 29.8 Å². The molecule has 0 spiro atoms. The first-order valence-electron chi connectivity index (χ1n) is 5.47. The van der Waals surface area contributed by atoms with E-state index in [4.69, 9.17) is 15.9 Å². The van der Waals surface area contributed by atoms with Crippen LogP contribution in [0.1, 0.15) is 12.5 Å². The van der Waals surface area contributed by atoms with Gasteiger partial charge in [-0.05, 0) is 31.0 Å². The van der Waals surface area contributed by atoms with Gasteiger partial charge in [-0.3, -0.25) is 4.79 Å². The zero-order valence-electron chi connectivity index (χ0n) is 9.76. The molecule has 94 valence electrons. The van der Waals surface area contributed by atoms with Crippen molar-refractivity contribution in [2.24, 2.45) is 5.73 Å². The SMILES string of the molecule is C[C@H](CO)NC(=O)[C@@H](N)Cc1ccc(O)cc1. The molecule has 5 N–H and O–H groups in total. The molecule has 17 heavy (non-hydrogen) atoms. The fourth-order valence-corrected chi connectivity index (χ4v) is 1.37. The van der Waals surface area contributed by atoms with Crippen LogP contribution in [0.5, 0.6) is 5.75 Å². The van der Waals surface area contributed by atoms with Gasteiger partial charge in [0.2, 0.25) is 5.91 Å². The van der Waals surface area contributed by atoms with Crippen molar-refractivity contribution in [3.63, 3.8) is 0 Å². The molecule has 0 heterocycles. The molecule has 5 heteroatoms. The molecular formula is C12H18N2O3. The number of phenols is 1. The van der Waals surface area contributed by atoms with Gasteiger partial charge in [0.25, 0.3) is 0 Å². The lowest BCUT2D eigenvalue weighted by atomic mass is 10.1. The van der Waals surface area contributed by atoms with Gasteiger partial charge in [0.05, 0.1) is 12.6 Å². The standard InChI is InChI=1S/C12H18N2O3/c1-8(7-15)14-12(17)11(13)6-9-2-4-10(16)5-3-9/h2-5,8,11,15-16H,6-7,13H2,1H3,(H,14,17)/t8-,11+/m1/s1. The summed E-state index contributed by atoms with van der Waals surface area (Å²) in [5.41, 5.74) is 6.61. The maximum Gasteiger partial charge on any atom is 0.237 e. The van der Waals surface area contributed by atoms with Crippen LogP contribution in [0.3, 0.4) is 0 Å². The molecular weight excluding hydrogens is 220 g/mol. The first-order valence-corrected chi connectivity index (χ1v) is 5.47. The van der Waals surface area contributed by atoms with E-state index in [-0.39, 0.29) is 24.3 Å². The number of aliphatic hydroxyl groups excluding tert-OH is 1. The highest BCUT2D eigenvalue weighted by atomic mass is 16.3. The molecule has 0 saturated heterocycles. The second-order valence-electron chi connectivity index (χ2n) is 4.07. The number of nitrogens with one attached hydrogen (secondary N) is 1. The first kappa shape index (κ1) is 13.5. The molecule has 5 nitrogen and oxygen atoms in total. The van der Waals surface area contributed by atoms with Gasteiger partial charge in [0, 0.05) is 6.04 Å². The minimum absolute atomic E-state index is 0.113. The maximum atomic E-state index is 11.6. The molecule has 0 aliphatic rings. The van der Waals surface area contributed by atoms with Crippen LogP contribution in [0.2, 0.25) is 0 Å². The zero-order valence-corrected chi connectivity index (χ0v) is 9.76. The van der Waals surface area contributed by atoms with Crippen LogP contribution in [-0.4, -0.2) is 34.8 Å². The fourth-order valence-electron chi connectivity index (χ4n) is 1.37. The number of nitrogens with two attached hydrogens (primary N) is 1. The lowest BCUT2D eigenvalue weighted by molar-refractivity contribution is -0.123. The van der Waals surface area contributed by atoms with Gasteiger partial charge < -0.3 is 21.3 Å². The highest BCUT2D eigenvalue weighted by molar-refractivity contribution is 5.82. The number of hydrogen-bond acceptors (Lipinski definition) is 4. The predicted molar refractivity (Wildman–Crippen MR) is 64.5 cm³/mol. The minimum atomic E-state index is -0.659. The summed E-state index contributed by atoms with van der Waals surface area (Å²) >= 11 is 0. The fraction of sp³-hybridized carbons (Fsp3) is 0.417. The zero-order chi connectivity index (χ0) is 12.8. The van der Waals surface area contributed by atoms with E-state index in [1.807, 2.05) is 0 Å². The summed E-state index contributed by atoms with van der Waals surface area (Å²) in [5, 5.41) is 20.5. The summed E-state index contributed by atoms with van der Waals surface area (Å²) in [5.74, 6) is -0.111. The van der Waals surface area contributed by atoms with Gasteiger partial charge in [0.15, 0.2) is 0 Å². The van der Waals surface area contributed by atoms with E-state index in [1.54, 1.807) is 31.2 Å². The third kappa shape index (κ3) is 4.42. The highest BCUT2D eigenvalue weighted by Gasteiger charge is 2.15. The number of aromatic hydroxyl groups is 1. The Balaban J connectivity index is 2.51. The Hall–Kier alpha value is -1.59. The van der Waals surface area contributed by atoms with E-state index in [0.717, 1.165) is 5.56 Å². The third-order valence-corrected chi connectivity index (χ3v) is 2.39. The number of hydrogen-bond donors (Lipinski definition) is 4. The van der Waals surface area contributed by atoms with Crippen molar-refractivity contribution in [2.75, 3.05) is 6.61 Å². The van der Waals surface area contributed by atoms with Gasteiger partial charge in [0.1, 0.15) is 5.75 Å². The topological polar surface area (TPSA) is 95.6 Å². The summed E-state index contributed by atoms with van der Waals surface area (Å²) in [6.07, 6.45) is 0.393. The largest absolute Gasteiger partial charge is 0.508 e. The molecule has 0 aromatic heterocycles. The van der Waals surface area contributed by atoms with Crippen molar-refractivity contribution >= 4 is 5.91 Å². The number of rotatable bonds is 5. The summed E-state index contributed by atoms with van der Waals surface area (Å²) in [7, 11) is 0. The second-order valence-corrected chi connectivity index (χ2v) is 4.07. The molecule has 0 bridgehead atoms. The summed E-state index contributed by atoms with van der Waals surface area (Å²) < 4.78 is 0. The molecule has 0 radical (unpaired) electrons. The Morgan fingerprint density at radius 1 is 1.41 bits per heavy atom. The molecule has 1 rings (SSSR count). The number of carbonyl (C=O) groups excluding carboxylic acids is 1. The van der Waals surface area contributed by atoms with E-state index >= 15 is 0 Å². The lowest BCUT2D eigenvalue weighted by Crippen LogP contribution is -2.46. The van der Waals surface area contributed by atoms with Crippen LogP contribution in [0.15, 0.2) is 24.3 Å². The van der Waals surface area contributed by atoms with Crippen LogP contribution in [0.4, 0.5) is 0 Å². The van der Waals surface area contributed by atoms with E-state index in [0.29, 0.717) is 6.42 Å². The maximum absolute atomic E-state index is 11.6. The molecule has 2 atom stereocenters. The van der Waals surface area contributed by atoms with Crippen LogP contribution >= 0.6 is 0 Å². The van der Waals surface area contributed by atoms with Crippen molar-refractivity contribution in [1.82, 2.24) is 5.32 Å². The van der Waals surface area contributed by atoms with Crippen molar-refractivity contribution < 1.29 is 15.0 Å². The first-order chi connectivity index (χ1) is 8.02. The van der Waals surface area contributed by atoms with Gasteiger partial charge in [-0.1, -0.05) is 12.1 Å². The number of phenolic OH excluding ortho intramolecular Hbond substituents is 1. The summed E-state index contributed by atoms with van der Waals surface area (Å²) in [4.78, 5) is 11.6. The summed E-state index contributed by atoms with van der Waals surface area (Å²) in [6, 6.07) is 5.59. The predicted octanol–water partition coefficient (Wildman–Crippen LogP) is -0.241. The molecule has 0 fully saturated rings. The number of aliphatic hydroxyl groups is 1. The molecule has 1 amide bonds. The average molecular weight is 238 g/mol. The molecule has 0 aliphatic heterocycles. The van der Waals surface area contributed by atoms with Crippen LogP contribution in [0.25, 0.3) is 0 Å². The van der Waals surface area contributed by atoms with Crippen LogP contribution < -0.4 is 11.1 Å². The Morgan fingerprint density at radius 2 is 2.00 bits per heavy atom. The average Bonchev–Trinajstić information content (AvgIpc) is 2.31. The summed E-state index contributed by atoms with van der Waals surface area (Å²) in [6.45, 7) is 1.59. The third-order valence-electron chi connectivity index (χ3n) is 2.39. The quantitative estimate of drug-likeness (QED) is 0.569. The van der Waals surface area contributed by atoms with Crippen molar-refractivity contribution in [3.8, 4) is 5.75 Å². The number of amides is 1. The molecule has 1 aromatic carbocycles. The van der Waals surface area contributed by atoms with E-state index in [1.165, 1.54) is 0 Å². The Kier molecular flexibility index (Phi) is 4.93.